The second-order valence-corrected chi connectivity index (χ2v) is 8.37. The molecule has 0 atom stereocenters. The van der Waals surface area contributed by atoms with Gasteiger partial charge in [0, 0.05) is 43.5 Å². The number of carbonyl (C=O) groups is 1. The molecule has 8 heteroatoms. The Morgan fingerprint density at radius 2 is 1.84 bits per heavy atom. The monoisotopic (exact) mass is 423 g/mol. The third-order valence-corrected chi connectivity index (χ3v) is 6.17. The van der Waals surface area contributed by atoms with Crippen LogP contribution in [0.4, 0.5) is 4.39 Å². The molecular weight excluding hydrogens is 397 g/mol. The highest BCUT2D eigenvalue weighted by Crippen LogP contribution is 2.28. The van der Waals surface area contributed by atoms with Crippen molar-refractivity contribution in [3.63, 3.8) is 0 Å². The molecule has 1 aromatic carbocycles. The maximum absolute atomic E-state index is 13.4. The maximum Gasteiger partial charge on any atom is 0.274 e. The van der Waals surface area contributed by atoms with Gasteiger partial charge in [-0.3, -0.25) is 9.69 Å². The second kappa shape index (κ2) is 8.26. The van der Waals surface area contributed by atoms with Crippen LogP contribution in [0.3, 0.4) is 0 Å². The number of aryl methyl sites for hydroxylation is 1. The Labute approximate surface area is 180 Å². The molecule has 1 aliphatic heterocycles. The normalized spacial score (nSPS) is 17.0. The molecule has 3 aromatic rings. The molecule has 0 spiro atoms. The van der Waals surface area contributed by atoms with Crippen molar-refractivity contribution < 1.29 is 13.7 Å². The fourth-order valence-electron chi connectivity index (χ4n) is 4.54. The number of piperazine rings is 1. The van der Waals surface area contributed by atoms with Crippen LogP contribution in [0.2, 0.25) is 0 Å². The summed E-state index contributed by atoms with van der Waals surface area (Å²) in [6.45, 7) is 5.50. The highest BCUT2D eigenvalue weighted by molar-refractivity contribution is 5.94. The standard InChI is InChI=1S/C23H26FN5O2/c1-16-14-19(31-26-16)15-27-10-12-28(13-11-27)23(30)22-20-4-2-3-5-21(20)29(25-22)18-8-6-17(24)7-9-18/h6-9,14H,2-5,10-13,15H2,1H3. The lowest BCUT2D eigenvalue weighted by Gasteiger charge is -2.34. The number of nitrogens with zero attached hydrogens (tertiary/aromatic N) is 5. The molecule has 1 fully saturated rings. The molecule has 0 N–H and O–H groups in total. The molecule has 5 rings (SSSR count). The summed E-state index contributed by atoms with van der Waals surface area (Å²) in [6.07, 6.45) is 3.89. The lowest BCUT2D eigenvalue weighted by molar-refractivity contribution is 0.0610. The molecule has 1 aliphatic carbocycles. The number of aromatic nitrogens is 3. The zero-order valence-electron chi connectivity index (χ0n) is 17.7. The van der Waals surface area contributed by atoms with Crippen LogP contribution in [0.1, 0.15) is 46.0 Å². The van der Waals surface area contributed by atoms with Gasteiger partial charge in [-0.1, -0.05) is 5.16 Å². The van der Waals surface area contributed by atoms with E-state index in [-0.39, 0.29) is 11.7 Å². The molecule has 7 nitrogen and oxygen atoms in total. The van der Waals surface area contributed by atoms with Crippen molar-refractivity contribution in [2.45, 2.75) is 39.2 Å². The van der Waals surface area contributed by atoms with E-state index in [1.54, 1.807) is 12.1 Å². The van der Waals surface area contributed by atoms with Gasteiger partial charge in [0.1, 0.15) is 5.82 Å². The first-order chi connectivity index (χ1) is 15.1. The quantitative estimate of drug-likeness (QED) is 0.645. The van der Waals surface area contributed by atoms with Gasteiger partial charge in [-0.25, -0.2) is 9.07 Å². The summed E-state index contributed by atoms with van der Waals surface area (Å²) >= 11 is 0. The van der Waals surface area contributed by atoms with Crippen molar-refractivity contribution in [2.75, 3.05) is 26.2 Å². The summed E-state index contributed by atoms with van der Waals surface area (Å²) in [4.78, 5) is 17.6. The van der Waals surface area contributed by atoms with Gasteiger partial charge in [-0.15, -0.1) is 0 Å². The van der Waals surface area contributed by atoms with E-state index in [9.17, 15) is 9.18 Å². The highest BCUT2D eigenvalue weighted by Gasteiger charge is 2.30. The molecule has 1 amide bonds. The zero-order chi connectivity index (χ0) is 21.4. The molecule has 0 radical (unpaired) electrons. The van der Waals surface area contributed by atoms with E-state index in [0.717, 1.165) is 67.2 Å². The van der Waals surface area contributed by atoms with Crippen LogP contribution >= 0.6 is 0 Å². The minimum absolute atomic E-state index is 0.00540. The number of hydrogen-bond acceptors (Lipinski definition) is 5. The fourth-order valence-corrected chi connectivity index (χ4v) is 4.54. The Hall–Kier alpha value is -3.00. The first kappa shape index (κ1) is 19.9. The molecule has 3 heterocycles. The Morgan fingerprint density at radius 3 is 2.55 bits per heavy atom. The predicted octanol–water partition coefficient (Wildman–Crippen LogP) is 3.14. The SMILES string of the molecule is Cc1cc(CN2CCN(C(=O)c3nn(-c4ccc(F)cc4)c4c3CCCC4)CC2)on1. The van der Waals surface area contributed by atoms with Crippen LogP contribution in [0.15, 0.2) is 34.9 Å². The third kappa shape index (κ3) is 3.99. The van der Waals surface area contributed by atoms with Crippen molar-refractivity contribution in [3.8, 4) is 5.69 Å². The fraction of sp³-hybridized carbons (Fsp3) is 0.435. The average Bonchev–Trinajstić information content (AvgIpc) is 3.38. The molecule has 2 aromatic heterocycles. The summed E-state index contributed by atoms with van der Waals surface area (Å²) in [7, 11) is 0. The second-order valence-electron chi connectivity index (χ2n) is 8.37. The van der Waals surface area contributed by atoms with Gasteiger partial charge in [0.05, 0.1) is 17.9 Å². The van der Waals surface area contributed by atoms with Crippen molar-refractivity contribution in [1.82, 2.24) is 24.7 Å². The van der Waals surface area contributed by atoms with Gasteiger partial charge in [-0.05, 0) is 56.9 Å². The predicted molar refractivity (Wildman–Crippen MR) is 113 cm³/mol. The zero-order valence-corrected chi connectivity index (χ0v) is 17.7. The Balaban J connectivity index is 1.33. The summed E-state index contributed by atoms with van der Waals surface area (Å²) in [5.74, 6) is 0.568. The summed E-state index contributed by atoms with van der Waals surface area (Å²) in [5, 5.41) is 8.66. The van der Waals surface area contributed by atoms with Gasteiger partial charge in [0.25, 0.3) is 5.91 Å². The van der Waals surface area contributed by atoms with E-state index in [1.807, 2.05) is 22.6 Å². The first-order valence-electron chi connectivity index (χ1n) is 10.9. The van der Waals surface area contributed by atoms with Gasteiger partial charge < -0.3 is 9.42 Å². The summed E-state index contributed by atoms with van der Waals surface area (Å²) in [5.41, 5.74) is 4.37. The van der Waals surface area contributed by atoms with Crippen LogP contribution in [-0.4, -0.2) is 56.8 Å². The number of halogens is 1. The Morgan fingerprint density at radius 1 is 1.10 bits per heavy atom. The number of rotatable bonds is 4. The van der Waals surface area contributed by atoms with Crippen molar-refractivity contribution in [2.24, 2.45) is 0 Å². The van der Waals surface area contributed by atoms with E-state index < -0.39 is 0 Å². The third-order valence-electron chi connectivity index (χ3n) is 6.17. The van der Waals surface area contributed by atoms with Gasteiger partial charge >= 0.3 is 0 Å². The minimum Gasteiger partial charge on any atom is -0.360 e. The molecule has 0 unspecified atom stereocenters. The number of carbonyl (C=O) groups excluding carboxylic acids is 1. The first-order valence-corrected chi connectivity index (χ1v) is 10.9. The van der Waals surface area contributed by atoms with Crippen LogP contribution in [0.25, 0.3) is 5.69 Å². The molecule has 162 valence electrons. The number of amides is 1. The molecule has 1 saturated heterocycles. The molecule has 0 saturated carbocycles. The number of fused-ring (bicyclic) bond motifs is 1. The molecule has 0 bridgehead atoms. The average molecular weight is 423 g/mol. The van der Waals surface area contributed by atoms with Gasteiger partial charge in [-0.2, -0.15) is 5.10 Å². The molecular formula is C23H26FN5O2. The lowest BCUT2D eigenvalue weighted by Crippen LogP contribution is -2.48. The van der Waals surface area contributed by atoms with E-state index in [0.29, 0.717) is 25.3 Å². The summed E-state index contributed by atoms with van der Waals surface area (Å²) in [6, 6.07) is 8.25. The number of hydrogen-bond donors (Lipinski definition) is 0. The van der Waals surface area contributed by atoms with E-state index in [1.165, 1.54) is 12.1 Å². The minimum atomic E-state index is -0.278. The van der Waals surface area contributed by atoms with E-state index in [2.05, 4.69) is 10.1 Å². The smallest absolute Gasteiger partial charge is 0.274 e. The van der Waals surface area contributed by atoms with Crippen molar-refractivity contribution in [1.29, 1.82) is 0 Å². The van der Waals surface area contributed by atoms with Crippen molar-refractivity contribution >= 4 is 5.91 Å². The van der Waals surface area contributed by atoms with Crippen LogP contribution in [0, 0.1) is 12.7 Å². The van der Waals surface area contributed by atoms with Crippen LogP contribution in [-0.2, 0) is 19.4 Å². The number of benzene rings is 1. The lowest BCUT2D eigenvalue weighted by atomic mass is 9.95. The highest BCUT2D eigenvalue weighted by atomic mass is 19.1. The molecule has 2 aliphatic rings. The van der Waals surface area contributed by atoms with Gasteiger partial charge in [0.15, 0.2) is 11.5 Å². The van der Waals surface area contributed by atoms with Crippen LogP contribution < -0.4 is 0 Å². The van der Waals surface area contributed by atoms with Crippen LogP contribution in [0.5, 0.6) is 0 Å². The largest absolute Gasteiger partial charge is 0.360 e. The maximum atomic E-state index is 13.4. The topological polar surface area (TPSA) is 67.4 Å². The Bertz CT molecular complexity index is 1080. The van der Waals surface area contributed by atoms with E-state index in [4.69, 9.17) is 9.62 Å². The summed E-state index contributed by atoms with van der Waals surface area (Å²) < 4.78 is 20.5. The molecule has 31 heavy (non-hydrogen) atoms. The van der Waals surface area contributed by atoms with Crippen molar-refractivity contribution in [3.05, 3.63) is 64.6 Å². The van der Waals surface area contributed by atoms with Gasteiger partial charge in [0.2, 0.25) is 0 Å². The van der Waals surface area contributed by atoms with E-state index >= 15 is 0 Å². The Kier molecular flexibility index (Phi) is 5.31.